The summed E-state index contributed by atoms with van der Waals surface area (Å²) in [6.45, 7) is 10.4. The van der Waals surface area contributed by atoms with Crippen LogP contribution in [0.2, 0.25) is 0 Å². The number of amides is 2. The molecule has 1 N–H and O–H groups in total. The number of urea groups is 1. The average Bonchev–Trinajstić information content (AvgIpc) is 2.94. The number of nitrogens with one attached hydrogen (secondary N) is 1. The second-order valence-electron chi connectivity index (χ2n) is 7.13. The summed E-state index contributed by atoms with van der Waals surface area (Å²) in [6, 6.07) is 6.11. The lowest BCUT2D eigenvalue weighted by molar-refractivity contribution is 0.131. The van der Waals surface area contributed by atoms with Gasteiger partial charge in [0.25, 0.3) is 0 Å². The maximum Gasteiger partial charge on any atom is 0.317 e. The van der Waals surface area contributed by atoms with Crippen molar-refractivity contribution in [3.05, 3.63) is 23.8 Å². The molecule has 1 aromatic carbocycles. The molecule has 0 bridgehead atoms. The van der Waals surface area contributed by atoms with Gasteiger partial charge in [-0.3, -0.25) is 4.90 Å². The Bertz CT molecular complexity index is 575. The van der Waals surface area contributed by atoms with Crippen LogP contribution in [0.1, 0.15) is 26.3 Å². The fourth-order valence-corrected chi connectivity index (χ4v) is 2.81. The zero-order chi connectivity index (χ0) is 16.4. The van der Waals surface area contributed by atoms with E-state index in [1.54, 1.807) is 0 Å². The minimum Gasteiger partial charge on any atom is -0.454 e. The van der Waals surface area contributed by atoms with Gasteiger partial charge in [0.15, 0.2) is 11.5 Å². The number of piperazine rings is 1. The molecule has 2 aliphatic heterocycles. The van der Waals surface area contributed by atoms with Crippen LogP contribution in [0.15, 0.2) is 18.2 Å². The van der Waals surface area contributed by atoms with Gasteiger partial charge in [0, 0.05) is 38.3 Å². The first-order valence-corrected chi connectivity index (χ1v) is 8.09. The second kappa shape index (κ2) is 6.28. The van der Waals surface area contributed by atoms with Gasteiger partial charge in [-0.1, -0.05) is 6.07 Å². The van der Waals surface area contributed by atoms with Gasteiger partial charge in [-0.15, -0.1) is 0 Å². The highest BCUT2D eigenvalue weighted by atomic mass is 16.7. The molecule has 0 aliphatic carbocycles. The Morgan fingerprint density at radius 2 is 1.83 bits per heavy atom. The smallest absolute Gasteiger partial charge is 0.317 e. The molecule has 1 saturated heterocycles. The Balaban J connectivity index is 1.50. The van der Waals surface area contributed by atoms with Crippen LogP contribution in [-0.4, -0.2) is 54.3 Å². The summed E-state index contributed by atoms with van der Waals surface area (Å²) in [4.78, 5) is 16.4. The van der Waals surface area contributed by atoms with Gasteiger partial charge in [0.1, 0.15) is 0 Å². The van der Waals surface area contributed by atoms with Crippen LogP contribution < -0.4 is 14.8 Å². The Kier molecular flexibility index (Phi) is 4.35. The summed E-state index contributed by atoms with van der Waals surface area (Å²) in [5.74, 6) is 1.64. The van der Waals surface area contributed by atoms with E-state index in [2.05, 4.69) is 16.3 Å². The van der Waals surface area contributed by atoms with Crippen molar-refractivity contribution in [3.8, 4) is 11.5 Å². The predicted octanol–water partition coefficient (Wildman–Crippen LogP) is 2.04. The van der Waals surface area contributed by atoms with E-state index >= 15 is 0 Å². The lowest BCUT2D eigenvalue weighted by atomic mass is 10.1. The zero-order valence-electron chi connectivity index (χ0n) is 14.1. The normalized spacial score (nSPS) is 18.1. The Morgan fingerprint density at radius 1 is 1.13 bits per heavy atom. The fourth-order valence-electron chi connectivity index (χ4n) is 2.81. The zero-order valence-corrected chi connectivity index (χ0v) is 14.1. The molecule has 1 aromatic rings. The third-order valence-electron chi connectivity index (χ3n) is 3.98. The van der Waals surface area contributed by atoms with Gasteiger partial charge in [-0.05, 0) is 38.5 Å². The molecule has 0 spiro atoms. The van der Waals surface area contributed by atoms with Crippen LogP contribution in [0.3, 0.4) is 0 Å². The SMILES string of the molecule is CC(C)(C)NC(=O)N1CCN(Cc2ccc3c(c2)OCO3)CC1. The second-order valence-corrected chi connectivity index (χ2v) is 7.13. The summed E-state index contributed by atoms with van der Waals surface area (Å²) in [6.07, 6.45) is 0. The van der Waals surface area contributed by atoms with Gasteiger partial charge in [0.05, 0.1) is 0 Å². The van der Waals surface area contributed by atoms with Crippen LogP contribution in [0, 0.1) is 0 Å². The first kappa shape index (κ1) is 15.9. The lowest BCUT2D eigenvalue weighted by Gasteiger charge is -2.36. The molecule has 1 fully saturated rings. The number of ether oxygens (including phenoxy) is 2. The monoisotopic (exact) mass is 319 g/mol. The molecule has 3 rings (SSSR count). The van der Waals surface area contributed by atoms with E-state index in [1.807, 2.05) is 37.8 Å². The van der Waals surface area contributed by atoms with Crippen LogP contribution in [0.5, 0.6) is 11.5 Å². The van der Waals surface area contributed by atoms with Gasteiger partial charge >= 0.3 is 6.03 Å². The first-order valence-electron chi connectivity index (χ1n) is 8.09. The number of hydrogen-bond acceptors (Lipinski definition) is 4. The van der Waals surface area contributed by atoms with Crippen molar-refractivity contribution < 1.29 is 14.3 Å². The van der Waals surface area contributed by atoms with Crippen molar-refractivity contribution in [1.29, 1.82) is 0 Å². The van der Waals surface area contributed by atoms with E-state index in [-0.39, 0.29) is 11.6 Å². The number of rotatable bonds is 2. The molecule has 0 radical (unpaired) electrons. The predicted molar refractivity (Wildman–Crippen MR) is 87.7 cm³/mol. The maximum atomic E-state index is 12.2. The Morgan fingerprint density at radius 3 is 2.52 bits per heavy atom. The van der Waals surface area contributed by atoms with Gasteiger partial charge < -0.3 is 19.7 Å². The van der Waals surface area contributed by atoms with Gasteiger partial charge in [-0.2, -0.15) is 0 Å². The van der Waals surface area contributed by atoms with Gasteiger partial charge in [0.2, 0.25) is 6.79 Å². The molecule has 0 saturated carbocycles. The van der Waals surface area contributed by atoms with E-state index in [0.717, 1.165) is 44.2 Å². The van der Waals surface area contributed by atoms with E-state index in [4.69, 9.17) is 9.47 Å². The third kappa shape index (κ3) is 4.07. The van der Waals surface area contributed by atoms with E-state index in [1.165, 1.54) is 5.56 Å². The molecule has 6 heteroatoms. The molecule has 2 aliphatic rings. The summed E-state index contributed by atoms with van der Waals surface area (Å²) in [5, 5.41) is 3.02. The average molecular weight is 319 g/mol. The quantitative estimate of drug-likeness (QED) is 0.906. The van der Waals surface area contributed by atoms with Crippen molar-refractivity contribution in [2.24, 2.45) is 0 Å². The molecular weight excluding hydrogens is 294 g/mol. The van der Waals surface area contributed by atoms with Crippen LogP contribution in [0.25, 0.3) is 0 Å². The van der Waals surface area contributed by atoms with Gasteiger partial charge in [-0.25, -0.2) is 4.79 Å². The van der Waals surface area contributed by atoms with Crippen molar-refractivity contribution >= 4 is 6.03 Å². The van der Waals surface area contributed by atoms with Crippen LogP contribution in [0.4, 0.5) is 4.79 Å². The van der Waals surface area contributed by atoms with E-state index < -0.39 is 0 Å². The van der Waals surface area contributed by atoms with E-state index in [0.29, 0.717) is 6.79 Å². The highest BCUT2D eigenvalue weighted by molar-refractivity contribution is 5.75. The summed E-state index contributed by atoms with van der Waals surface area (Å²) >= 11 is 0. The molecule has 23 heavy (non-hydrogen) atoms. The Labute approximate surface area is 137 Å². The Hall–Kier alpha value is -1.95. The largest absolute Gasteiger partial charge is 0.454 e. The van der Waals surface area contributed by atoms with Crippen molar-refractivity contribution in [3.63, 3.8) is 0 Å². The molecule has 2 heterocycles. The fraction of sp³-hybridized carbons (Fsp3) is 0.588. The van der Waals surface area contributed by atoms with Crippen LogP contribution in [-0.2, 0) is 6.54 Å². The standard InChI is InChI=1S/C17H25N3O3/c1-17(2,3)18-16(21)20-8-6-19(7-9-20)11-13-4-5-14-15(10-13)23-12-22-14/h4-5,10H,6-9,11-12H2,1-3H3,(H,18,21). The highest BCUT2D eigenvalue weighted by Crippen LogP contribution is 2.32. The van der Waals surface area contributed by atoms with Crippen LogP contribution >= 0.6 is 0 Å². The number of benzene rings is 1. The number of hydrogen-bond donors (Lipinski definition) is 1. The van der Waals surface area contributed by atoms with Crippen molar-refractivity contribution in [2.75, 3.05) is 33.0 Å². The summed E-state index contributed by atoms with van der Waals surface area (Å²) in [5.41, 5.74) is 1.02. The molecule has 6 nitrogen and oxygen atoms in total. The van der Waals surface area contributed by atoms with E-state index in [9.17, 15) is 4.79 Å². The number of nitrogens with zero attached hydrogens (tertiary/aromatic N) is 2. The number of carbonyl (C=O) groups is 1. The molecule has 0 atom stereocenters. The molecule has 2 amide bonds. The molecular formula is C17H25N3O3. The lowest BCUT2D eigenvalue weighted by Crippen LogP contribution is -2.54. The molecule has 126 valence electrons. The van der Waals surface area contributed by atoms with Crippen molar-refractivity contribution in [1.82, 2.24) is 15.1 Å². The summed E-state index contributed by atoms with van der Waals surface area (Å²) in [7, 11) is 0. The third-order valence-corrected chi connectivity index (χ3v) is 3.98. The van der Waals surface area contributed by atoms with Crippen molar-refractivity contribution in [2.45, 2.75) is 32.9 Å². The topological polar surface area (TPSA) is 54.0 Å². The minimum atomic E-state index is -0.194. The number of fused-ring (bicyclic) bond motifs is 1. The first-order chi connectivity index (χ1) is 10.9. The highest BCUT2D eigenvalue weighted by Gasteiger charge is 2.24. The summed E-state index contributed by atoms with van der Waals surface area (Å²) < 4.78 is 10.8. The minimum absolute atomic E-state index is 0.0280. The maximum absolute atomic E-state index is 12.2. The molecule has 0 unspecified atom stereocenters. The molecule has 0 aromatic heterocycles. The number of carbonyl (C=O) groups excluding carboxylic acids is 1.